The van der Waals surface area contributed by atoms with Gasteiger partial charge in [0.25, 0.3) is 5.91 Å². The Morgan fingerprint density at radius 1 is 1.04 bits per heavy atom. The normalized spacial score (nSPS) is 15.1. The largest absolute Gasteiger partial charge is 0.444 e. The highest BCUT2D eigenvalue weighted by atomic mass is 35.5. The number of nitrogens with zero attached hydrogens (tertiary/aromatic N) is 3. The van der Waals surface area contributed by atoms with Crippen molar-refractivity contribution >= 4 is 34.4 Å². The van der Waals surface area contributed by atoms with Crippen molar-refractivity contribution in [2.75, 3.05) is 26.2 Å². The van der Waals surface area contributed by atoms with Gasteiger partial charge in [0.1, 0.15) is 16.4 Å². The van der Waals surface area contributed by atoms with Crippen LogP contribution in [0.1, 0.15) is 36.8 Å². The Morgan fingerprint density at radius 2 is 1.59 bits per heavy atom. The third-order valence-corrected chi connectivity index (χ3v) is 4.83. The molecular weight excluding hydrogens is 366 g/mol. The fourth-order valence-electron chi connectivity index (χ4n) is 3.14. The number of halogens is 1. The lowest BCUT2D eigenvalue weighted by Crippen LogP contribution is -2.51. The van der Waals surface area contributed by atoms with Gasteiger partial charge in [0, 0.05) is 31.6 Å². The summed E-state index contributed by atoms with van der Waals surface area (Å²) < 4.78 is 5.39. The van der Waals surface area contributed by atoms with Crippen molar-refractivity contribution in [2.45, 2.75) is 33.3 Å². The van der Waals surface area contributed by atoms with Gasteiger partial charge in [-0.1, -0.05) is 35.9 Å². The number of carbonyl (C=O) groups excluding carboxylic acids is 2. The van der Waals surface area contributed by atoms with Crippen LogP contribution in [0.2, 0.25) is 5.15 Å². The molecule has 0 bridgehead atoms. The summed E-state index contributed by atoms with van der Waals surface area (Å²) in [6.07, 6.45) is -0.349. The highest BCUT2D eigenvalue weighted by Crippen LogP contribution is 2.27. The van der Waals surface area contributed by atoms with E-state index in [1.165, 1.54) is 0 Å². The number of aryl methyl sites for hydroxylation is 1. The van der Waals surface area contributed by atoms with Crippen LogP contribution >= 0.6 is 11.6 Å². The number of hydrogen-bond acceptors (Lipinski definition) is 4. The number of carbonyl (C=O) groups is 2. The zero-order valence-corrected chi connectivity index (χ0v) is 16.8. The van der Waals surface area contributed by atoms with E-state index in [1.807, 2.05) is 52.0 Å². The highest BCUT2D eigenvalue weighted by Gasteiger charge is 2.29. The second-order valence-electron chi connectivity index (χ2n) is 7.68. The number of pyridine rings is 1. The zero-order valence-electron chi connectivity index (χ0n) is 16.1. The number of amides is 2. The van der Waals surface area contributed by atoms with Crippen molar-refractivity contribution in [2.24, 2.45) is 0 Å². The minimum atomic E-state index is -0.535. The maximum Gasteiger partial charge on any atom is 0.410 e. The summed E-state index contributed by atoms with van der Waals surface area (Å²) in [6.45, 7) is 9.12. The van der Waals surface area contributed by atoms with Gasteiger partial charge in [-0.05, 0) is 38.6 Å². The fraction of sp³-hybridized carbons (Fsp3) is 0.450. The van der Waals surface area contributed by atoms with Gasteiger partial charge in [-0.15, -0.1) is 0 Å². The van der Waals surface area contributed by atoms with E-state index in [4.69, 9.17) is 16.3 Å². The highest BCUT2D eigenvalue weighted by molar-refractivity contribution is 6.34. The molecule has 0 aliphatic carbocycles. The summed E-state index contributed by atoms with van der Waals surface area (Å²) in [5.74, 6) is -0.163. The van der Waals surface area contributed by atoms with E-state index in [-0.39, 0.29) is 12.0 Å². The Morgan fingerprint density at radius 3 is 2.19 bits per heavy atom. The molecule has 144 valence electrons. The minimum Gasteiger partial charge on any atom is -0.444 e. The molecule has 1 saturated heterocycles. The van der Waals surface area contributed by atoms with Crippen LogP contribution in [0.4, 0.5) is 4.79 Å². The predicted molar refractivity (Wildman–Crippen MR) is 105 cm³/mol. The first kappa shape index (κ1) is 19.4. The molecule has 2 amide bonds. The van der Waals surface area contributed by atoms with E-state index in [0.29, 0.717) is 37.0 Å². The van der Waals surface area contributed by atoms with Crippen LogP contribution in [0.5, 0.6) is 0 Å². The monoisotopic (exact) mass is 389 g/mol. The van der Waals surface area contributed by atoms with Gasteiger partial charge in [0.2, 0.25) is 0 Å². The number of rotatable bonds is 1. The first-order valence-corrected chi connectivity index (χ1v) is 9.37. The summed E-state index contributed by atoms with van der Waals surface area (Å²) >= 11 is 6.29. The molecule has 0 radical (unpaired) electrons. The van der Waals surface area contributed by atoms with E-state index in [9.17, 15) is 9.59 Å². The number of hydrogen-bond donors (Lipinski definition) is 0. The van der Waals surface area contributed by atoms with E-state index < -0.39 is 5.60 Å². The van der Waals surface area contributed by atoms with Gasteiger partial charge in [-0.3, -0.25) is 4.79 Å². The van der Waals surface area contributed by atoms with Crippen LogP contribution in [0.25, 0.3) is 10.8 Å². The Hall–Kier alpha value is -2.34. The molecule has 2 aromatic rings. The van der Waals surface area contributed by atoms with E-state index >= 15 is 0 Å². The van der Waals surface area contributed by atoms with E-state index in [1.54, 1.807) is 9.80 Å². The van der Waals surface area contributed by atoms with Crippen molar-refractivity contribution < 1.29 is 14.3 Å². The molecule has 0 atom stereocenters. The zero-order chi connectivity index (χ0) is 19.8. The molecule has 1 aromatic carbocycles. The number of piperazine rings is 1. The van der Waals surface area contributed by atoms with E-state index in [2.05, 4.69) is 4.98 Å². The Labute approximate surface area is 164 Å². The van der Waals surface area contributed by atoms with Crippen LogP contribution in [-0.4, -0.2) is 58.6 Å². The molecular formula is C20H24ClN3O3. The van der Waals surface area contributed by atoms with Crippen molar-refractivity contribution in [3.05, 3.63) is 40.7 Å². The average Bonchev–Trinajstić information content (AvgIpc) is 2.63. The Kier molecular flexibility index (Phi) is 5.29. The van der Waals surface area contributed by atoms with Gasteiger partial charge in [0.15, 0.2) is 0 Å². The quantitative estimate of drug-likeness (QED) is 0.694. The summed E-state index contributed by atoms with van der Waals surface area (Å²) in [4.78, 5) is 32.9. The smallest absolute Gasteiger partial charge is 0.410 e. The molecule has 7 heteroatoms. The van der Waals surface area contributed by atoms with Crippen molar-refractivity contribution in [1.29, 1.82) is 0 Å². The maximum atomic E-state index is 13.0. The third kappa shape index (κ3) is 4.16. The molecule has 0 N–H and O–H groups in total. The SMILES string of the molecule is Cc1c(C(=O)N2CCN(C(=O)OC(C)(C)C)CC2)nc(Cl)c2ccccc12. The van der Waals surface area contributed by atoms with Gasteiger partial charge in [-0.2, -0.15) is 0 Å². The molecule has 6 nitrogen and oxygen atoms in total. The lowest BCUT2D eigenvalue weighted by Gasteiger charge is -2.35. The molecule has 3 rings (SSSR count). The summed E-state index contributed by atoms with van der Waals surface area (Å²) in [6, 6.07) is 7.65. The first-order chi connectivity index (χ1) is 12.7. The predicted octanol–water partition coefficient (Wildman–Crippen LogP) is 3.89. The molecule has 0 spiro atoms. The molecule has 1 fully saturated rings. The van der Waals surface area contributed by atoms with Crippen LogP contribution in [0, 0.1) is 6.92 Å². The second-order valence-corrected chi connectivity index (χ2v) is 8.04. The van der Waals surface area contributed by atoms with Crippen molar-refractivity contribution in [3.8, 4) is 0 Å². The average molecular weight is 390 g/mol. The number of benzene rings is 1. The number of fused-ring (bicyclic) bond motifs is 1. The Bertz CT molecular complexity index is 884. The molecule has 27 heavy (non-hydrogen) atoms. The molecule has 0 unspecified atom stereocenters. The van der Waals surface area contributed by atoms with Crippen LogP contribution in [-0.2, 0) is 4.74 Å². The minimum absolute atomic E-state index is 0.163. The molecule has 1 aromatic heterocycles. The fourth-order valence-corrected chi connectivity index (χ4v) is 3.39. The summed E-state index contributed by atoms with van der Waals surface area (Å²) in [5, 5.41) is 2.09. The van der Waals surface area contributed by atoms with Gasteiger partial charge in [-0.25, -0.2) is 9.78 Å². The van der Waals surface area contributed by atoms with Gasteiger partial charge < -0.3 is 14.5 Å². The van der Waals surface area contributed by atoms with Gasteiger partial charge >= 0.3 is 6.09 Å². The Balaban J connectivity index is 1.74. The number of aromatic nitrogens is 1. The first-order valence-electron chi connectivity index (χ1n) is 8.99. The second kappa shape index (κ2) is 7.35. The molecule has 1 aliphatic heterocycles. The van der Waals surface area contributed by atoms with E-state index in [0.717, 1.165) is 16.3 Å². The lowest BCUT2D eigenvalue weighted by atomic mass is 10.0. The standard InChI is InChI=1S/C20H24ClN3O3/c1-13-14-7-5-6-8-15(14)17(21)22-16(13)18(25)23-9-11-24(12-10-23)19(26)27-20(2,3)4/h5-8H,9-12H2,1-4H3. The molecule has 0 saturated carbocycles. The topological polar surface area (TPSA) is 62.7 Å². The van der Waals surface area contributed by atoms with Crippen LogP contribution < -0.4 is 0 Å². The number of ether oxygens (including phenoxy) is 1. The summed E-state index contributed by atoms with van der Waals surface area (Å²) in [5.41, 5.74) is 0.645. The van der Waals surface area contributed by atoms with Gasteiger partial charge in [0.05, 0.1) is 0 Å². The third-order valence-electron chi connectivity index (χ3n) is 4.54. The maximum absolute atomic E-state index is 13.0. The van der Waals surface area contributed by atoms with Crippen LogP contribution in [0.3, 0.4) is 0 Å². The van der Waals surface area contributed by atoms with Crippen molar-refractivity contribution in [3.63, 3.8) is 0 Å². The molecule has 1 aliphatic rings. The van der Waals surface area contributed by atoms with Crippen LogP contribution in [0.15, 0.2) is 24.3 Å². The molecule has 2 heterocycles. The summed E-state index contributed by atoms with van der Waals surface area (Å²) in [7, 11) is 0. The lowest BCUT2D eigenvalue weighted by molar-refractivity contribution is 0.0140. The van der Waals surface area contributed by atoms with Crippen molar-refractivity contribution in [1.82, 2.24) is 14.8 Å².